The summed E-state index contributed by atoms with van der Waals surface area (Å²) in [4.78, 5) is 12.5. The van der Waals surface area contributed by atoms with E-state index in [0.29, 0.717) is 12.3 Å². The second-order valence-corrected chi connectivity index (χ2v) is 5.23. The molecule has 0 bridgehead atoms. The van der Waals surface area contributed by atoms with E-state index in [1.807, 2.05) is 0 Å². The maximum absolute atomic E-state index is 12.7. The Bertz CT molecular complexity index is 390. The molecule has 1 aromatic carbocycles. The summed E-state index contributed by atoms with van der Waals surface area (Å²) in [5.41, 5.74) is 0. The molecule has 0 unspecified atom stereocenters. The van der Waals surface area contributed by atoms with Crippen molar-refractivity contribution in [1.29, 1.82) is 0 Å². The molecule has 1 amide bonds. The fourth-order valence-corrected chi connectivity index (χ4v) is 2.49. The standard InChI is InChI=1S/C13H16FNO2S/c14-10-3-5-12(6-4-10)18-9-13(16)15-8-11-2-1-7-17-11/h3-6,11H,1-2,7-9H2,(H,15,16)/t11-/m0/s1. The topological polar surface area (TPSA) is 38.3 Å². The van der Waals surface area contributed by atoms with Crippen molar-refractivity contribution in [1.82, 2.24) is 5.32 Å². The number of benzene rings is 1. The van der Waals surface area contributed by atoms with Crippen LogP contribution in [-0.4, -0.2) is 30.9 Å². The number of carbonyl (C=O) groups is 1. The molecule has 1 aromatic rings. The van der Waals surface area contributed by atoms with Gasteiger partial charge in [-0.3, -0.25) is 4.79 Å². The molecule has 1 aliphatic rings. The molecule has 98 valence electrons. The first-order valence-electron chi connectivity index (χ1n) is 6.01. The van der Waals surface area contributed by atoms with Gasteiger partial charge < -0.3 is 10.1 Å². The van der Waals surface area contributed by atoms with Gasteiger partial charge in [-0.2, -0.15) is 0 Å². The number of carbonyl (C=O) groups excluding carboxylic acids is 1. The van der Waals surface area contributed by atoms with E-state index in [9.17, 15) is 9.18 Å². The van der Waals surface area contributed by atoms with Gasteiger partial charge in [-0.1, -0.05) is 0 Å². The van der Waals surface area contributed by atoms with Crippen LogP contribution in [-0.2, 0) is 9.53 Å². The lowest BCUT2D eigenvalue weighted by Crippen LogP contribution is -2.32. The predicted molar refractivity (Wildman–Crippen MR) is 69.1 cm³/mol. The first-order chi connectivity index (χ1) is 8.74. The molecule has 1 heterocycles. The quantitative estimate of drug-likeness (QED) is 0.833. The van der Waals surface area contributed by atoms with Crippen LogP contribution in [0, 0.1) is 5.82 Å². The van der Waals surface area contributed by atoms with Crippen molar-refractivity contribution in [3.63, 3.8) is 0 Å². The van der Waals surface area contributed by atoms with Gasteiger partial charge in [0.2, 0.25) is 5.91 Å². The summed E-state index contributed by atoms with van der Waals surface area (Å²) in [7, 11) is 0. The van der Waals surface area contributed by atoms with Crippen LogP contribution < -0.4 is 5.32 Å². The Morgan fingerprint density at radius 3 is 2.89 bits per heavy atom. The molecular weight excluding hydrogens is 253 g/mol. The molecule has 1 N–H and O–H groups in total. The van der Waals surface area contributed by atoms with Gasteiger partial charge in [0.1, 0.15) is 5.82 Å². The van der Waals surface area contributed by atoms with Crippen LogP contribution in [0.4, 0.5) is 4.39 Å². The molecule has 0 spiro atoms. The van der Waals surface area contributed by atoms with Crippen LogP contribution in [0.3, 0.4) is 0 Å². The molecule has 2 rings (SSSR count). The van der Waals surface area contributed by atoms with Crippen molar-refractivity contribution in [2.75, 3.05) is 18.9 Å². The molecule has 1 saturated heterocycles. The molecule has 3 nitrogen and oxygen atoms in total. The van der Waals surface area contributed by atoms with Crippen LogP contribution in [0.25, 0.3) is 0 Å². The smallest absolute Gasteiger partial charge is 0.230 e. The molecular formula is C13H16FNO2S. The third kappa shape index (κ3) is 4.31. The van der Waals surface area contributed by atoms with E-state index in [2.05, 4.69) is 5.32 Å². The number of hydrogen-bond acceptors (Lipinski definition) is 3. The lowest BCUT2D eigenvalue weighted by molar-refractivity contribution is -0.119. The maximum atomic E-state index is 12.7. The van der Waals surface area contributed by atoms with Crippen LogP contribution >= 0.6 is 11.8 Å². The summed E-state index contributed by atoms with van der Waals surface area (Å²) in [6, 6.07) is 6.14. The Morgan fingerprint density at radius 1 is 1.44 bits per heavy atom. The summed E-state index contributed by atoms with van der Waals surface area (Å²) in [6.07, 6.45) is 2.26. The Kier molecular flexibility index (Phi) is 5.01. The highest BCUT2D eigenvalue weighted by Gasteiger charge is 2.15. The highest BCUT2D eigenvalue weighted by Crippen LogP contribution is 2.17. The maximum Gasteiger partial charge on any atom is 0.230 e. The second-order valence-electron chi connectivity index (χ2n) is 4.18. The molecule has 0 aromatic heterocycles. The third-order valence-corrected chi connectivity index (χ3v) is 3.75. The summed E-state index contributed by atoms with van der Waals surface area (Å²) in [6.45, 7) is 1.38. The van der Waals surface area contributed by atoms with E-state index < -0.39 is 0 Å². The van der Waals surface area contributed by atoms with Gasteiger partial charge in [-0.05, 0) is 37.1 Å². The molecule has 0 saturated carbocycles. The summed E-state index contributed by atoms with van der Waals surface area (Å²) in [5, 5.41) is 2.85. The summed E-state index contributed by atoms with van der Waals surface area (Å²) < 4.78 is 18.1. The van der Waals surface area contributed by atoms with Crippen molar-refractivity contribution in [3.05, 3.63) is 30.1 Å². The van der Waals surface area contributed by atoms with Gasteiger partial charge in [0.05, 0.1) is 11.9 Å². The minimum absolute atomic E-state index is 0.0141. The molecule has 1 fully saturated rings. The van der Waals surface area contributed by atoms with Crippen molar-refractivity contribution < 1.29 is 13.9 Å². The zero-order valence-corrected chi connectivity index (χ0v) is 10.8. The molecule has 0 aliphatic carbocycles. The minimum Gasteiger partial charge on any atom is -0.376 e. The minimum atomic E-state index is -0.262. The zero-order chi connectivity index (χ0) is 12.8. The van der Waals surface area contributed by atoms with Gasteiger partial charge in [-0.15, -0.1) is 11.8 Å². The largest absolute Gasteiger partial charge is 0.376 e. The number of amides is 1. The SMILES string of the molecule is O=C(CSc1ccc(F)cc1)NC[C@@H]1CCCO1. The number of hydrogen-bond donors (Lipinski definition) is 1. The van der Waals surface area contributed by atoms with Crippen LogP contribution in [0.2, 0.25) is 0 Å². The van der Waals surface area contributed by atoms with Crippen LogP contribution in [0.5, 0.6) is 0 Å². The van der Waals surface area contributed by atoms with E-state index in [0.717, 1.165) is 24.3 Å². The van der Waals surface area contributed by atoms with Gasteiger partial charge in [0.15, 0.2) is 0 Å². The van der Waals surface area contributed by atoms with Gasteiger partial charge in [-0.25, -0.2) is 4.39 Å². The van der Waals surface area contributed by atoms with E-state index in [4.69, 9.17) is 4.74 Å². The number of thioether (sulfide) groups is 1. The van der Waals surface area contributed by atoms with Crippen molar-refractivity contribution in [2.24, 2.45) is 0 Å². The van der Waals surface area contributed by atoms with Gasteiger partial charge in [0.25, 0.3) is 0 Å². The predicted octanol–water partition coefficient (Wildman–Crippen LogP) is 2.21. The Morgan fingerprint density at radius 2 is 2.22 bits per heavy atom. The van der Waals surface area contributed by atoms with E-state index in [1.54, 1.807) is 12.1 Å². The first-order valence-corrected chi connectivity index (χ1v) is 6.99. The fraction of sp³-hybridized carbons (Fsp3) is 0.462. The average Bonchev–Trinajstić information content (AvgIpc) is 2.89. The number of halogens is 1. The van der Waals surface area contributed by atoms with Crippen LogP contribution in [0.15, 0.2) is 29.2 Å². The van der Waals surface area contributed by atoms with E-state index >= 15 is 0 Å². The zero-order valence-electron chi connectivity index (χ0n) is 10.0. The fourth-order valence-electron chi connectivity index (χ4n) is 1.76. The van der Waals surface area contributed by atoms with Crippen molar-refractivity contribution in [2.45, 2.75) is 23.8 Å². The van der Waals surface area contributed by atoms with Crippen molar-refractivity contribution >= 4 is 17.7 Å². The Labute approximate surface area is 110 Å². The molecule has 5 heteroatoms. The number of nitrogens with one attached hydrogen (secondary N) is 1. The Balaban J connectivity index is 1.66. The van der Waals surface area contributed by atoms with Crippen molar-refractivity contribution in [3.8, 4) is 0 Å². The van der Waals surface area contributed by atoms with Crippen LogP contribution in [0.1, 0.15) is 12.8 Å². The lowest BCUT2D eigenvalue weighted by Gasteiger charge is -2.10. The average molecular weight is 269 g/mol. The normalized spacial score (nSPS) is 18.8. The number of rotatable bonds is 5. The third-order valence-electron chi connectivity index (χ3n) is 2.73. The summed E-state index contributed by atoms with van der Waals surface area (Å²) in [5.74, 6) is 0.0697. The monoisotopic (exact) mass is 269 g/mol. The van der Waals surface area contributed by atoms with E-state index in [1.165, 1.54) is 23.9 Å². The molecule has 18 heavy (non-hydrogen) atoms. The van der Waals surface area contributed by atoms with E-state index in [-0.39, 0.29) is 17.8 Å². The van der Waals surface area contributed by atoms with Gasteiger partial charge >= 0.3 is 0 Å². The molecule has 1 atom stereocenters. The lowest BCUT2D eigenvalue weighted by atomic mass is 10.2. The van der Waals surface area contributed by atoms with Gasteiger partial charge in [0, 0.05) is 18.0 Å². The second kappa shape index (κ2) is 6.75. The molecule has 0 radical (unpaired) electrons. The highest BCUT2D eigenvalue weighted by molar-refractivity contribution is 8.00. The number of ether oxygens (including phenoxy) is 1. The first kappa shape index (κ1) is 13.4. The summed E-state index contributed by atoms with van der Waals surface area (Å²) >= 11 is 1.40. The Hall–Kier alpha value is -1.07. The molecule has 1 aliphatic heterocycles. The highest BCUT2D eigenvalue weighted by atomic mass is 32.2.